The highest BCUT2D eigenvalue weighted by Crippen LogP contribution is 2.39. The summed E-state index contributed by atoms with van der Waals surface area (Å²) >= 11 is 0. The van der Waals surface area contributed by atoms with Gasteiger partial charge < -0.3 is 15.7 Å². The molecule has 104 valence electrons. The van der Waals surface area contributed by atoms with E-state index in [1.54, 1.807) is 0 Å². The molecule has 0 heterocycles. The first-order chi connectivity index (χ1) is 9.05. The van der Waals surface area contributed by atoms with Gasteiger partial charge in [-0.25, -0.2) is 4.79 Å². The third kappa shape index (κ3) is 3.47. The number of hydrogen-bond acceptors (Lipinski definition) is 2. The van der Waals surface area contributed by atoms with Gasteiger partial charge in [0.25, 0.3) is 0 Å². The first kappa shape index (κ1) is 13.9. The molecule has 4 heteroatoms. The normalized spacial score (nSPS) is 19.3. The van der Waals surface area contributed by atoms with Crippen molar-refractivity contribution in [2.75, 3.05) is 6.61 Å². The van der Waals surface area contributed by atoms with Gasteiger partial charge in [-0.1, -0.05) is 30.3 Å². The largest absolute Gasteiger partial charge is 0.394 e. The molecular formula is C15H22N2O2. The first-order valence-electron chi connectivity index (χ1n) is 6.79. The van der Waals surface area contributed by atoms with Crippen molar-refractivity contribution in [1.29, 1.82) is 0 Å². The van der Waals surface area contributed by atoms with Gasteiger partial charge in [-0.3, -0.25) is 0 Å². The molecule has 1 saturated carbocycles. The molecule has 1 aliphatic carbocycles. The monoisotopic (exact) mass is 262 g/mol. The summed E-state index contributed by atoms with van der Waals surface area (Å²) < 4.78 is 0. The maximum atomic E-state index is 12.0. The van der Waals surface area contributed by atoms with Crippen LogP contribution < -0.4 is 10.6 Å². The molecule has 19 heavy (non-hydrogen) atoms. The number of amides is 2. The predicted molar refractivity (Wildman–Crippen MR) is 74.7 cm³/mol. The zero-order chi connectivity index (χ0) is 13.9. The second-order valence-corrected chi connectivity index (χ2v) is 5.58. The van der Waals surface area contributed by atoms with E-state index in [0.29, 0.717) is 5.92 Å². The zero-order valence-corrected chi connectivity index (χ0v) is 11.5. The maximum Gasteiger partial charge on any atom is 0.315 e. The Morgan fingerprint density at radius 1 is 1.42 bits per heavy atom. The van der Waals surface area contributed by atoms with Crippen molar-refractivity contribution in [2.24, 2.45) is 5.92 Å². The Morgan fingerprint density at radius 3 is 2.58 bits per heavy atom. The molecule has 1 fully saturated rings. The van der Waals surface area contributed by atoms with E-state index in [0.717, 1.165) is 18.4 Å². The van der Waals surface area contributed by atoms with Crippen molar-refractivity contribution in [1.82, 2.24) is 10.6 Å². The van der Waals surface area contributed by atoms with Gasteiger partial charge in [0, 0.05) is 0 Å². The highest BCUT2D eigenvalue weighted by atomic mass is 16.3. The van der Waals surface area contributed by atoms with E-state index in [9.17, 15) is 9.90 Å². The minimum absolute atomic E-state index is 0.0230. The van der Waals surface area contributed by atoms with Gasteiger partial charge in [0.1, 0.15) is 0 Å². The molecule has 3 N–H and O–H groups in total. The minimum atomic E-state index is -0.500. The van der Waals surface area contributed by atoms with Gasteiger partial charge in [0.15, 0.2) is 0 Å². The van der Waals surface area contributed by atoms with Gasteiger partial charge >= 0.3 is 6.03 Å². The van der Waals surface area contributed by atoms with Gasteiger partial charge in [0.2, 0.25) is 0 Å². The molecule has 0 bridgehead atoms. The fourth-order valence-corrected chi connectivity index (χ4v) is 2.31. The van der Waals surface area contributed by atoms with Crippen LogP contribution in [0.25, 0.3) is 0 Å². The third-order valence-corrected chi connectivity index (χ3v) is 3.85. The third-order valence-electron chi connectivity index (χ3n) is 3.85. The number of carbonyl (C=O) groups excluding carboxylic acids is 1. The van der Waals surface area contributed by atoms with Gasteiger partial charge in [-0.15, -0.1) is 0 Å². The smallest absolute Gasteiger partial charge is 0.315 e. The van der Waals surface area contributed by atoms with Gasteiger partial charge in [-0.2, -0.15) is 0 Å². The van der Waals surface area contributed by atoms with Crippen molar-refractivity contribution >= 4 is 6.03 Å². The average molecular weight is 262 g/mol. The Kier molecular flexibility index (Phi) is 4.10. The first-order valence-corrected chi connectivity index (χ1v) is 6.79. The average Bonchev–Trinajstić information content (AvgIpc) is 3.24. The lowest BCUT2D eigenvalue weighted by atomic mass is 9.97. The number of benzene rings is 1. The van der Waals surface area contributed by atoms with E-state index >= 15 is 0 Å². The lowest BCUT2D eigenvalue weighted by Gasteiger charge is -2.29. The SMILES string of the molecule is CC(NC(=O)NC(C)(CO)C1CC1)c1ccccc1. The molecule has 2 atom stereocenters. The second-order valence-electron chi connectivity index (χ2n) is 5.58. The van der Waals surface area contributed by atoms with Crippen molar-refractivity contribution in [3.8, 4) is 0 Å². The molecule has 0 spiro atoms. The highest BCUT2D eigenvalue weighted by molar-refractivity contribution is 5.75. The number of carbonyl (C=O) groups is 1. The highest BCUT2D eigenvalue weighted by Gasteiger charge is 2.42. The summed E-state index contributed by atoms with van der Waals surface area (Å²) in [5.41, 5.74) is 0.565. The van der Waals surface area contributed by atoms with Gasteiger partial charge in [-0.05, 0) is 38.2 Å². The number of nitrogens with one attached hydrogen (secondary N) is 2. The minimum Gasteiger partial charge on any atom is -0.394 e. The van der Waals surface area contributed by atoms with E-state index in [4.69, 9.17) is 0 Å². The van der Waals surface area contributed by atoms with Crippen LogP contribution in [0.2, 0.25) is 0 Å². The van der Waals surface area contributed by atoms with E-state index in [1.165, 1.54) is 0 Å². The topological polar surface area (TPSA) is 61.4 Å². The van der Waals surface area contributed by atoms with Crippen molar-refractivity contribution in [3.05, 3.63) is 35.9 Å². The molecule has 0 radical (unpaired) electrons. The molecule has 2 unspecified atom stereocenters. The number of aliphatic hydroxyl groups excluding tert-OH is 1. The summed E-state index contributed by atoms with van der Waals surface area (Å²) in [6, 6.07) is 9.55. The van der Waals surface area contributed by atoms with Crippen LogP contribution >= 0.6 is 0 Å². The number of urea groups is 1. The summed E-state index contributed by atoms with van der Waals surface area (Å²) in [5.74, 6) is 0.398. The Labute approximate surface area is 114 Å². The van der Waals surface area contributed by atoms with E-state index in [1.807, 2.05) is 44.2 Å². The Bertz CT molecular complexity index is 431. The van der Waals surface area contributed by atoms with E-state index in [2.05, 4.69) is 10.6 Å². The molecule has 0 aliphatic heterocycles. The van der Waals surface area contributed by atoms with Crippen LogP contribution in [0.4, 0.5) is 4.79 Å². The maximum absolute atomic E-state index is 12.0. The Balaban J connectivity index is 1.90. The van der Waals surface area contributed by atoms with Crippen molar-refractivity contribution in [2.45, 2.75) is 38.3 Å². The molecule has 1 aromatic carbocycles. The standard InChI is InChI=1S/C15H22N2O2/c1-11(12-6-4-3-5-7-12)16-14(19)17-15(2,10-18)13-8-9-13/h3-7,11,13,18H,8-10H2,1-2H3,(H2,16,17,19). The van der Waals surface area contributed by atoms with Crippen LogP contribution in [0.1, 0.15) is 38.3 Å². The predicted octanol–water partition coefficient (Wildman–Crippen LogP) is 2.21. The fourth-order valence-electron chi connectivity index (χ4n) is 2.31. The van der Waals surface area contributed by atoms with Crippen LogP contribution in [-0.2, 0) is 0 Å². The van der Waals surface area contributed by atoms with Crippen molar-refractivity contribution < 1.29 is 9.90 Å². The number of rotatable bonds is 5. The molecule has 0 saturated heterocycles. The van der Waals surface area contributed by atoms with E-state index in [-0.39, 0.29) is 18.7 Å². The van der Waals surface area contributed by atoms with Crippen LogP contribution in [-0.4, -0.2) is 23.3 Å². The summed E-state index contributed by atoms with van der Waals surface area (Å²) in [6.07, 6.45) is 2.15. The van der Waals surface area contributed by atoms with Crippen LogP contribution in [0.5, 0.6) is 0 Å². The fraction of sp³-hybridized carbons (Fsp3) is 0.533. The number of aliphatic hydroxyl groups is 1. The summed E-state index contributed by atoms with van der Waals surface area (Å²) in [4.78, 5) is 12.0. The molecule has 2 rings (SSSR count). The number of hydrogen-bond donors (Lipinski definition) is 3. The van der Waals surface area contributed by atoms with Crippen LogP contribution in [0.15, 0.2) is 30.3 Å². The van der Waals surface area contributed by atoms with E-state index < -0.39 is 5.54 Å². The molecule has 1 aromatic rings. The zero-order valence-electron chi connectivity index (χ0n) is 11.5. The molecule has 2 amide bonds. The molecule has 4 nitrogen and oxygen atoms in total. The van der Waals surface area contributed by atoms with Gasteiger partial charge in [0.05, 0.1) is 18.2 Å². The lowest BCUT2D eigenvalue weighted by Crippen LogP contribution is -2.54. The summed E-state index contributed by atoms with van der Waals surface area (Å²) in [6.45, 7) is 3.82. The Hall–Kier alpha value is -1.55. The molecular weight excluding hydrogens is 240 g/mol. The molecule has 1 aliphatic rings. The summed E-state index contributed by atoms with van der Waals surface area (Å²) in [7, 11) is 0. The summed E-state index contributed by atoms with van der Waals surface area (Å²) in [5, 5.41) is 15.3. The van der Waals surface area contributed by atoms with Crippen LogP contribution in [0, 0.1) is 5.92 Å². The lowest BCUT2D eigenvalue weighted by molar-refractivity contribution is 0.154. The Morgan fingerprint density at radius 2 is 2.05 bits per heavy atom. The van der Waals surface area contributed by atoms with Crippen LogP contribution in [0.3, 0.4) is 0 Å². The quantitative estimate of drug-likeness (QED) is 0.762. The van der Waals surface area contributed by atoms with Crippen molar-refractivity contribution in [3.63, 3.8) is 0 Å². The molecule has 0 aromatic heterocycles. The second kappa shape index (κ2) is 5.61.